The Morgan fingerprint density at radius 3 is 2.74 bits per heavy atom. The Morgan fingerprint density at radius 1 is 1.19 bits per heavy atom. The number of Topliss-reactive ketones (excluding diaryl/α,β-unsaturated/α-hetero) is 2. The van der Waals surface area contributed by atoms with Crippen LogP contribution in [0, 0.1) is 16.6 Å². The number of hydrogen-bond acceptors (Lipinski definition) is 4. The number of imidazole rings is 1. The van der Waals surface area contributed by atoms with Crippen molar-refractivity contribution < 1.29 is 18.7 Å². The number of hydrogen-bond donors (Lipinski definition) is 0. The van der Waals surface area contributed by atoms with Gasteiger partial charge in [-0.3, -0.25) is 9.59 Å². The van der Waals surface area contributed by atoms with E-state index in [1.807, 2.05) is 35.0 Å². The van der Waals surface area contributed by atoms with E-state index in [2.05, 4.69) is 4.98 Å². The van der Waals surface area contributed by atoms with Crippen molar-refractivity contribution in [2.75, 3.05) is 6.61 Å². The first-order valence-corrected chi connectivity index (χ1v) is 10.8. The van der Waals surface area contributed by atoms with Gasteiger partial charge in [-0.05, 0) is 55.4 Å². The molecule has 3 aromatic rings. The van der Waals surface area contributed by atoms with Gasteiger partial charge in [0.25, 0.3) is 0 Å². The number of halogens is 2. The number of carbonyl (C=O) groups excluding carboxylic acids is 2. The topological polar surface area (TPSA) is 60.7 Å². The average Bonchev–Trinajstić information content (AvgIpc) is 3.11. The lowest BCUT2D eigenvalue weighted by atomic mass is 9.33. The number of ether oxygens (including phenoxy) is 1. The Hall–Kier alpha value is -2.73. The van der Waals surface area contributed by atoms with Gasteiger partial charge in [0, 0.05) is 36.7 Å². The van der Waals surface area contributed by atoms with Crippen molar-refractivity contribution in [1.82, 2.24) is 9.38 Å². The predicted octanol–water partition coefficient (Wildman–Crippen LogP) is 4.84. The van der Waals surface area contributed by atoms with Crippen molar-refractivity contribution in [3.05, 3.63) is 65.3 Å². The lowest BCUT2D eigenvalue weighted by Crippen LogP contribution is -2.65. The van der Waals surface area contributed by atoms with Gasteiger partial charge < -0.3 is 9.14 Å². The number of aromatic nitrogens is 2. The molecule has 0 unspecified atom stereocenters. The molecule has 3 fully saturated rings. The summed E-state index contributed by atoms with van der Waals surface area (Å²) in [7, 11) is 0. The third kappa shape index (κ3) is 3.74. The van der Waals surface area contributed by atoms with Crippen LogP contribution in [-0.2, 0) is 16.0 Å². The van der Waals surface area contributed by atoms with Crippen LogP contribution in [0.5, 0.6) is 5.75 Å². The minimum atomic E-state index is -0.574. The highest BCUT2D eigenvalue weighted by Crippen LogP contribution is 2.75. The second-order valence-corrected chi connectivity index (χ2v) is 9.42. The van der Waals surface area contributed by atoms with Crippen LogP contribution in [0.25, 0.3) is 5.65 Å². The zero-order chi connectivity index (χ0) is 21.6. The standard InChI is InChI=1S/C24H22ClFN2O3/c25-19-6-5-18(9-20(19)26)31-12-17(29)10-23-13-24(14-23,15-23)21(30)7-4-16-11-28-8-2-1-3-22(28)27-16/h1-3,5-6,8-9,11H,4,7,10,12-15H2. The molecule has 31 heavy (non-hydrogen) atoms. The maximum absolute atomic E-state index is 13.5. The molecule has 3 aliphatic rings. The summed E-state index contributed by atoms with van der Waals surface area (Å²) in [6.07, 6.45) is 7.80. The van der Waals surface area contributed by atoms with Gasteiger partial charge in [-0.2, -0.15) is 0 Å². The highest BCUT2D eigenvalue weighted by molar-refractivity contribution is 6.30. The molecule has 0 amide bonds. The van der Waals surface area contributed by atoms with Gasteiger partial charge in [-0.15, -0.1) is 0 Å². The SMILES string of the molecule is O=C(COc1ccc(Cl)c(F)c1)CC12CC(C(=O)CCc3cn4ccccc4n3)(C1)C2. The summed E-state index contributed by atoms with van der Waals surface area (Å²) in [5.41, 5.74) is 1.52. The third-order valence-electron chi connectivity index (χ3n) is 6.62. The highest BCUT2D eigenvalue weighted by Gasteiger charge is 2.70. The van der Waals surface area contributed by atoms with E-state index < -0.39 is 5.82 Å². The van der Waals surface area contributed by atoms with E-state index >= 15 is 0 Å². The third-order valence-corrected chi connectivity index (χ3v) is 6.92. The quantitative estimate of drug-likeness (QED) is 0.478. The molecule has 3 aliphatic carbocycles. The molecule has 1 aromatic carbocycles. The number of fused-ring (bicyclic) bond motifs is 1. The number of benzene rings is 1. The van der Waals surface area contributed by atoms with E-state index in [-0.39, 0.29) is 39.8 Å². The van der Waals surface area contributed by atoms with Crippen LogP contribution in [0.1, 0.15) is 37.8 Å². The molecule has 7 heteroatoms. The Morgan fingerprint density at radius 2 is 2.00 bits per heavy atom. The zero-order valence-electron chi connectivity index (χ0n) is 16.9. The first-order chi connectivity index (χ1) is 14.9. The van der Waals surface area contributed by atoms with Gasteiger partial charge in [-0.25, -0.2) is 9.37 Å². The molecular formula is C24H22ClFN2O3. The predicted molar refractivity (Wildman–Crippen MR) is 114 cm³/mol. The number of ketones is 2. The van der Waals surface area contributed by atoms with E-state index in [1.165, 1.54) is 18.2 Å². The maximum Gasteiger partial charge on any atom is 0.170 e. The van der Waals surface area contributed by atoms with Crippen molar-refractivity contribution in [3.63, 3.8) is 0 Å². The van der Waals surface area contributed by atoms with Gasteiger partial charge in [0.2, 0.25) is 0 Å². The van der Waals surface area contributed by atoms with Gasteiger partial charge in [0.1, 0.15) is 29.6 Å². The van der Waals surface area contributed by atoms with E-state index in [1.54, 1.807) is 0 Å². The number of carbonyl (C=O) groups is 2. The van der Waals surface area contributed by atoms with Crippen molar-refractivity contribution in [2.24, 2.45) is 10.8 Å². The van der Waals surface area contributed by atoms with E-state index in [0.29, 0.717) is 19.3 Å². The van der Waals surface area contributed by atoms with Gasteiger partial charge in [-0.1, -0.05) is 17.7 Å². The van der Waals surface area contributed by atoms with Crippen LogP contribution >= 0.6 is 11.6 Å². The fourth-order valence-electron chi connectivity index (χ4n) is 5.30. The van der Waals surface area contributed by atoms with Crippen LogP contribution in [0.4, 0.5) is 4.39 Å². The minimum Gasteiger partial charge on any atom is -0.486 e. The molecule has 3 saturated carbocycles. The number of nitrogens with zero attached hydrogens (tertiary/aromatic N) is 2. The summed E-state index contributed by atoms with van der Waals surface area (Å²) < 4.78 is 20.8. The summed E-state index contributed by atoms with van der Waals surface area (Å²) in [5, 5.41) is 0.0173. The van der Waals surface area contributed by atoms with E-state index in [4.69, 9.17) is 16.3 Å². The monoisotopic (exact) mass is 440 g/mol. The molecule has 0 saturated heterocycles. The summed E-state index contributed by atoms with van der Waals surface area (Å²) >= 11 is 5.65. The molecule has 0 radical (unpaired) electrons. The number of rotatable bonds is 9. The van der Waals surface area contributed by atoms with Crippen LogP contribution in [-0.4, -0.2) is 27.6 Å². The highest BCUT2D eigenvalue weighted by atomic mass is 35.5. The fourth-order valence-corrected chi connectivity index (χ4v) is 5.41. The summed E-state index contributed by atoms with van der Waals surface area (Å²) in [5.74, 6) is -0.0332. The Kier molecular flexibility index (Phi) is 4.85. The lowest BCUT2D eigenvalue weighted by molar-refractivity contribution is -0.208. The molecule has 0 aliphatic heterocycles. The number of aryl methyl sites for hydroxylation is 1. The Bertz CT molecular complexity index is 1140. The molecule has 2 aromatic heterocycles. The molecular weight excluding hydrogens is 419 g/mol. The van der Waals surface area contributed by atoms with Crippen molar-refractivity contribution in [3.8, 4) is 5.75 Å². The van der Waals surface area contributed by atoms with E-state index in [0.717, 1.165) is 30.6 Å². The molecule has 6 rings (SSSR count). The molecule has 2 bridgehead atoms. The smallest absolute Gasteiger partial charge is 0.170 e. The fraction of sp³-hybridized carbons (Fsp3) is 0.375. The Labute approximate surface area is 184 Å². The first kappa shape index (κ1) is 20.2. The molecule has 2 heterocycles. The second kappa shape index (κ2) is 7.45. The summed E-state index contributed by atoms with van der Waals surface area (Å²) in [6, 6.07) is 9.95. The second-order valence-electron chi connectivity index (χ2n) is 9.01. The Balaban J connectivity index is 1.08. The van der Waals surface area contributed by atoms with Crippen LogP contribution < -0.4 is 4.74 Å². The van der Waals surface area contributed by atoms with Gasteiger partial charge in [0.15, 0.2) is 5.78 Å². The lowest BCUT2D eigenvalue weighted by Gasteiger charge is -2.70. The van der Waals surface area contributed by atoms with Gasteiger partial charge >= 0.3 is 0 Å². The van der Waals surface area contributed by atoms with Crippen LogP contribution in [0.3, 0.4) is 0 Å². The van der Waals surface area contributed by atoms with Crippen LogP contribution in [0.2, 0.25) is 5.02 Å². The normalized spacial score (nSPS) is 23.8. The molecule has 0 spiro atoms. The van der Waals surface area contributed by atoms with Gasteiger partial charge in [0.05, 0.1) is 10.7 Å². The maximum atomic E-state index is 13.5. The molecule has 0 N–H and O–H groups in total. The number of pyridine rings is 1. The molecule has 0 atom stereocenters. The molecule has 160 valence electrons. The summed E-state index contributed by atoms with van der Waals surface area (Å²) in [6.45, 7) is -0.0995. The first-order valence-electron chi connectivity index (χ1n) is 10.4. The van der Waals surface area contributed by atoms with Crippen molar-refractivity contribution in [2.45, 2.75) is 38.5 Å². The average molecular weight is 441 g/mol. The summed E-state index contributed by atoms with van der Waals surface area (Å²) in [4.78, 5) is 29.7. The van der Waals surface area contributed by atoms with Crippen molar-refractivity contribution in [1.29, 1.82) is 0 Å². The molecule has 5 nitrogen and oxygen atoms in total. The van der Waals surface area contributed by atoms with E-state index in [9.17, 15) is 14.0 Å². The largest absolute Gasteiger partial charge is 0.486 e. The van der Waals surface area contributed by atoms with Crippen LogP contribution in [0.15, 0.2) is 48.8 Å². The van der Waals surface area contributed by atoms with Crippen molar-refractivity contribution >= 4 is 28.8 Å². The zero-order valence-corrected chi connectivity index (χ0v) is 17.7. The minimum absolute atomic E-state index is 0.0173.